The van der Waals surface area contributed by atoms with Gasteiger partial charge in [-0.2, -0.15) is 0 Å². The number of nitrogens with two attached hydrogens (primary N) is 3. The fourth-order valence-corrected chi connectivity index (χ4v) is 0.806. The van der Waals surface area contributed by atoms with Crippen molar-refractivity contribution in [3.8, 4) is 0 Å². The summed E-state index contributed by atoms with van der Waals surface area (Å²) in [4.78, 5) is 32.6. The molecule has 0 radical (unpaired) electrons. The maximum absolute atomic E-state index is 11.1. The minimum atomic E-state index is -0.889. The summed E-state index contributed by atoms with van der Waals surface area (Å²) < 4.78 is 0. The number of hydrogen-bond donors (Lipinski definition) is 3. The molecule has 0 aliphatic carbocycles. The summed E-state index contributed by atoms with van der Waals surface area (Å²) in [6.07, 6.45) is -0.0168. The second-order valence-corrected chi connectivity index (χ2v) is 3.12. The van der Waals surface area contributed by atoms with E-state index in [1.54, 1.807) is 0 Å². The molecule has 0 heterocycles. The van der Waals surface area contributed by atoms with E-state index < -0.39 is 29.6 Å². The Bertz CT molecular complexity index is 250. The van der Waals surface area contributed by atoms with Gasteiger partial charge in [-0.15, -0.1) is 0 Å². The van der Waals surface area contributed by atoms with Gasteiger partial charge in [0, 0.05) is 6.42 Å². The van der Waals surface area contributed by atoms with E-state index >= 15 is 0 Å². The van der Waals surface area contributed by atoms with Crippen molar-refractivity contribution in [3.05, 3.63) is 0 Å². The van der Waals surface area contributed by atoms with Gasteiger partial charge in [-0.05, 0) is 13.3 Å². The van der Waals surface area contributed by atoms with Crippen molar-refractivity contribution in [3.63, 3.8) is 0 Å². The normalized spacial score (nSPS) is 14.5. The summed E-state index contributed by atoms with van der Waals surface area (Å²) in [6.45, 7) is 1.42. The van der Waals surface area contributed by atoms with Gasteiger partial charge in [-0.25, -0.2) is 0 Å². The Balaban J connectivity index is 3.97. The Morgan fingerprint density at radius 2 is 1.71 bits per heavy atom. The minimum Gasteiger partial charge on any atom is -0.368 e. The Labute approximate surface area is 81.8 Å². The van der Waals surface area contributed by atoms with Gasteiger partial charge < -0.3 is 17.2 Å². The molecule has 0 saturated carbocycles. The van der Waals surface area contributed by atoms with E-state index in [2.05, 4.69) is 0 Å². The number of rotatable bonds is 6. The predicted molar refractivity (Wildman–Crippen MR) is 50.1 cm³/mol. The van der Waals surface area contributed by atoms with Gasteiger partial charge >= 0.3 is 0 Å². The number of hydrogen-bond acceptors (Lipinski definition) is 5. The maximum atomic E-state index is 11.1. The maximum Gasteiger partial charge on any atom is 0.234 e. The summed E-state index contributed by atoms with van der Waals surface area (Å²) in [5, 5.41) is 0. The first-order valence-electron chi connectivity index (χ1n) is 4.23. The number of amides is 1. The number of primary amides is 1. The zero-order valence-corrected chi connectivity index (χ0v) is 8.03. The molecule has 1 amide bonds. The van der Waals surface area contributed by atoms with E-state index in [4.69, 9.17) is 17.2 Å². The summed E-state index contributed by atoms with van der Waals surface area (Å²) >= 11 is 0. The van der Waals surface area contributed by atoms with Crippen LogP contribution in [0.3, 0.4) is 0 Å². The average Bonchev–Trinajstić information content (AvgIpc) is 2.11. The molecule has 6 N–H and O–H groups in total. The van der Waals surface area contributed by atoms with Crippen LogP contribution >= 0.6 is 0 Å². The first-order valence-corrected chi connectivity index (χ1v) is 4.23. The van der Waals surface area contributed by atoms with Crippen molar-refractivity contribution in [2.75, 3.05) is 0 Å². The molecule has 0 saturated heterocycles. The van der Waals surface area contributed by atoms with Gasteiger partial charge in [0.25, 0.3) is 0 Å². The standard InChI is InChI=1S/C8H15N3O3/c1-4(9)7(13)6(12)3-2-5(10)8(11)14/h4-5H,2-3,9-10H2,1H3,(H2,11,14)/t4-,5+/m0/s1. The van der Waals surface area contributed by atoms with Crippen LogP contribution < -0.4 is 17.2 Å². The molecular formula is C8H15N3O3. The van der Waals surface area contributed by atoms with Gasteiger partial charge in [-0.3, -0.25) is 14.4 Å². The second kappa shape index (κ2) is 5.46. The van der Waals surface area contributed by atoms with E-state index in [1.165, 1.54) is 6.92 Å². The van der Waals surface area contributed by atoms with Crippen molar-refractivity contribution in [2.24, 2.45) is 17.2 Å². The van der Waals surface area contributed by atoms with Gasteiger partial charge in [0.2, 0.25) is 11.7 Å². The highest BCUT2D eigenvalue weighted by Crippen LogP contribution is 1.97. The lowest BCUT2D eigenvalue weighted by Gasteiger charge is -2.06. The fraction of sp³-hybridized carbons (Fsp3) is 0.625. The van der Waals surface area contributed by atoms with Gasteiger partial charge in [0.15, 0.2) is 5.78 Å². The molecule has 0 aromatic heterocycles. The lowest BCUT2D eigenvalue weighted by Crippen LogP contribution is -2.38. The van der Waals surface area contributed by atoms with Crippen LogP contribution in [0.4, 0.5) is 0 Å². The third-order valence-electron chi connectivity index (χ3n) is 1.74. The predicted octanol–water partition coefficient (Wildman–Crippen LogP) is -1.94. The van der Waals surface area contributed by atoms with Gasteiger partial charge in [0.05, 0.1) is 12.1 Å². The molecule has 0 aromatic carbocycles. The lowest BCUT2D eigenvalue weighted by molar-refractivity contribution is -0.137. The number of ketones is 2. The van der Waals surface area contributed by atoms with Crippen LogP contribution in [0.5, 0.6) is 0 Å². The minimum absolute atomic E-state index is 0.0760. The van der Waals surface area contributed by atoms with Crippen LogP contribution in [0, 0.1) is 0 Å². The van der Waals surface area contributed by atoms with Crippen LogP contribution in [0.2, 0.25) is 0 Å². The molecule has 14 heavy (non-hydrogen) atoms. The molecule has 0 fully saturated rings. The van der Waals surface area contributed by atoms with Crippen molar-refractivity contribution in [1.29, 1.82) is 0 Å². The Hall–Kier alpha value is -1.27. The molecule has 0 bridgehead atoms. The molecule has 0 unspecified atom stereocenters. The zero-order chi connectivity index (χ0) is 11.3. The van der Waals surface area contributed by atoms with Crippen LogP contribution in [0.15, 0.2) is 0 Å². The summed E-state index contributed by atoms with van der Waals surface area (Å²) in [7, 11) is 0. The molecule has 0 aliphatic rings. The topological polar surface area (TPSA) is 129 Å². The monoisotopic (exact) mass is 201 g/mol. The van der Waals surface area contributed by atoms with Crippen molar-refractivity contribution in [2.45, 2.75) is 31.8 Å². The van der Waals surface area contributed by atoms with Crippen LogP contribution in [0.25, 0.3) is 0 Å². The summed E-state index contributed by atoms with van der Waals surface area (Å²) in [5.74, 6) is -1.95. The SMILES string of the molecule is C[C@H](N)C(=O)C(=O)CC[C@@H](N)C(N)=O. The van der Waals surface area contributed by atoms with Gasteiger partial charge in [-0.1, -0.05) is 0 Å². The number of Topliss-reactive ketones (excluding diaryl/α,β-unsaturated/α-hetero) is 2. The third kappa shape index (κ3) is 4.11. The van der Waals surface area contributed by atoms with E-state index in [-0.39, 0.29) is 12.8 Å². The smallest absolute Gasteiger partial charge is 0.234 e. The van der Waals surface area contributed by atoms with Crippen LogP contribution in [-0.2, 0) is 14.4 Å². The second-order valence-electron chi connectivity index (χ2n) is 3.12. The molecular weight excluding hydrogens is 186 g/mol. The molecule has 0 rings (SSSR count). The van der Waals surface area contributed by atoms with Crippen molar-refractivity contribution < 1.29 is 14.4 Å². The zero-order valence-electron chi connectivity index (χ0n) is 8.03. The number of carbonyl (C=O) groups excluding carboxylic acids is 3. The summed E-state index contributed by atoms with van der Waals surface area (Å²) in [5.41, 5.74) is 15.4. The Kier molecular flexibility index (Phi) is 4.96. The van der Waals surface area contributed by atoms with E-state index in [9.17, 15) is 14.4 Å². The van der Waals surface area contributed by atoms with E-state index in [0.717, 1.165) is 0 Å². The third-order valence-corrected chi connectivity index (χ3v) is 1.74. The highest BCUT2D eigenvalue weighted by atomic mass is 16.2. The number of carbonyl (C=O) groups is 3. The molecule has 6 nitrogen and oxygen atoms in total. The first-order chi connectivity index (χ1) is 6.36. The highest BCUT2D eigenvalue weighted by molar-refractivity contribution is 6.39. The van der Waals surface area contributed by atoms with E-state index in [1.807, 2.05) is 0 Å². The quantitative estimate of drug-likeness (QED) is 0.431. The Morgan fingerprint density at radius 1 is 1.21 bits per heavy atom. The van der Waals surface area contributed by atoms with Crippen molar-refractivity contribution in [1.82, 2.24) is 0 Å². The van der Waals surface area contributed by atoms with E-state index in [0.29, 0.717) is 0 Å². The van der Waals surface area contributed by atoms with Gasteiger partial charge in [0.1, 0.15) is 0 Å². The Morgan fingerprint density at radius 3 is 2.07 bits per heavy atom. The first kappa shape index (κ1) is 12.7. The highest BCUT2D eigenvalue weighted by Gasteiger charge is 2.19. The molecule has 0 aliphatic heterocycles. The fourth-order valence-electron chi connectivity index (χ4n) is 0.806. The van der Waals surface area contributed by atoms with Crippen LogP contribution in [0.1, 0.15) is 19.8 Å². The molecule has 80 valence electrons. The van der Waals surface area contributed by atoms with Crippen molar-refractivity contribution >= 4 is 17.5 Å². The molecule has 6 heteroatoms. The molecule has 0 spiro atoms. The molecule has 2 atom stereocenters. The average molecular weight is 201 g/mol. The molecule has 0 aromatic rings. The van der Waals surface area contributed by atoms with Crippen LogP contribution in [-0.4, -0.2) is 29.6 Å². The summed E-state index contributed by atoms with van der Waals surface area (Å²) in [6, 6.07) is -1.70. The lowest BCUT2D eigenvalue weighted by atomic mass is 10.0. The largest absolute Gasteiger partial charge is 0.368 e.